The highest BCUT2D eigenvalue weighted by Gasteiger charge is 2.20. The third-order valence-corrected chi connectivity index (χ3v) is 6.68. The summed E-state index contributed by atoms with van der Waals surface area (Å²) in [6, 6.07) is 7.78. The molecule has 0 saturated heterocycles. The minimum Gasteiger partial charge on any atom is -0.491 e. The first-order valence-electron chi connectivity index (χ1n) is 11.7. The van der Waals surface area contributed by atoms with Gasteiger partial charge in [-0.1, -0.05) is 63.4 Å². The van der Waals surface area contributed by atoms with Crippen molar-refractivity contribution < 1.29 is 9.84 Å². The Labute approximate surface area is 198 Å². The molecule has 0 aliphatic heterocycles. The number of thioether (sulfide) groups is 1. The van der Waals surface area contributed by atoms with Gasteiger partial charge in [0.25, 0.3) is 5.56 Å². The van der Waals surface area contributed by atoms with Gasteiger partial charge in [-0.15, -0.1) is 0 Å². The summed E-state index contributed by atoms with van der Waals surface area (Å²) in [6.07, 6.45) is 5.92. The number of hydrogen-bond acceptors (Lipinski definition) is 6. The summed E-state index contributed by atoms with van der Waals surface area (Å²) < 4.78 is 8.78. The third-order valence-electron chi connectivity index (χ3n) is 5.62. The van der Waals surface area contributed by atoms with Crippen molar-refractivity contribution >= 4 is 22.9 Å². The van der Waals surface area contributed by atoms with E-state index in [1.54, 1.807) is 23.4 Å². The fourth-order valence-electron chi connectivity index (χ4n) is 3.64. The fourth-order valence-corrected chi connectivity index (χ4v) is 4.64. The lowest BCUT2D eigenvalue weighted by Crippen LogP contribution is -2.30. The van der Waals surface area contributed by atoms with E-state index in [4.69, 9.17) is 4.74 Å². The average Bonchev–Trinajstić information content (AvgIpc) is 3.17. The number of hydrogen-bond donors (Lipinski definition) is 2. The van der Waals surface area contributed by atoms with Gasteiger partial charge < -0.3 is 14.4 Å². The summed E-state index contributed by atoms with van der Waals surface area (Å²) >= 11 is 1.55. The predicted molar refractivity (Wildman–Crippen MR) is 132 cm³/mol. The van der Waals surface area contributed by atoms with E-state index < -0.39 is 17.4 Å². The maximum Gasteiger partial charge on any atom is 0.329 e. The van der Waals surface area contributed by atoms with E-state index >= 15 is 0 Å². The molecule has 180 valence electrons. The summed E-state index contributed by atoms with van der Waals surface area (Å²) in [7, 11) is 1.58. The first-order valence-corrected chi connectivity index (χ1v) is 12.6. The molecule has 0 aliphatic carbocycles. The van der Waals surface area contributed by atoms with Crippen LogP contribution in [0.15, 0.2) is 39.0 Å². The topological polar surface area (TPSA) is 102 Å². The number of aryl methyl sites for hydroxylation is 2. The van der Waals surface area contributed by atoms with Crippen LogP contribution in [0.25, 0.3) is 11.2 Å². The number of aromatic amines is 1. The Balaban J connectivity index is 1.75. The molecule has 0 fully saturated rings. The van der Waals surface area contributed by atoms with E-state index in [-0.39, 0.29) is 18.7 Å². The van der Waals surface area contributed by atoms with Gasteiger partial charge in [-0.05, 0) is 30.5 Å². The van der Waals surface area contributed by atoms with Gasteiger partial charge in [0.05, 0.1) is 6.54 Å². The Hall–Kier alpha value is -2.52. The zero-order valence-electron chi connectivity index (χ0n) is 19.7. The first kappa shape index (κ1) is 25.1. The Morgan fingerprint density at radius 3 is 2.55 bits per heavy atom. The molecule has 1 atom stereocenters. The van der Waals surface area contributed by atoms with Crippen molar-refractivity contribution in [3.05, 3.63) is 50.7 Å². The van der Waals surface area contributed by atoms with Crippen LogP contribution in [0, 0.1) is 0 Å². The Kier molecular flexibility index (Phi) is 9.20. The average molecular weight is 475 g/mol. The molecule has 2 heterocycles. The van der Waals surface area contributed by atoms with Gasteiger partial charge in [0.15, 0.2) is 16.3 Å². The first-order chi connectivity index (χ1) is 15.9. The molecule has 9 heteroatoms. The minimum absolute atomic E-state index is 0.0793. The highest BCUT2D eigenvalue weighted by molar-refractivity contribution is 7.99. The highest BCUT2D eigenvalue weighted by Crippen LogP contribution is 2.23. The van der Waals surface area contributed by atoms with Crippen LogP contribution in [0.3, 0.4) is 0 Å². The lowest BCUT2D eigenvalue weighted by molar-refractivity contribution is 0.0913. The second kappa shape index (κ2) is 12.1. The van der Waals surface area contributed by atoms with Gasteiger partial charge in [0.1, 0.15) is 18.5 Å². The van der Waals surface area contributed by atoms with Crippen molar-refractivity contribution in [3.8, 4) is 5.75 Å². The summed E-state index contributed by atoms with van der Waals surface area (Å²) in [5.41, 5.74) is 0.817. The van der Waals surface area contributed by atoms with Crippen molar-refractivity contribution in [2.24, 2.45) is 7.05 Å². The van der Waals surface area contributed by atoms with Gasteiger partial charge >= 0.3 is 5.69 Å². The van der Waals surface area contributed by atoms with E-state index in [1.807, 2.05) is 24.3 Å². The van der Waals surface area contributed by atoms with Crippen molar-refractivity contribution in [2.75, 3.05) is 12.4 Å². The molecular weight excluding hydrogens is 440 g/mol. The van der Waals surface area contributed by atoms with E-state index in [0.29, 0.717) is 16.6 Å². The number of ether oxygens (including phenoxy) is 1. The number of aliphatic hydroxyl groups is 1. The monoisotopic (exact) mass is 474 g/mol. The lowest BCUT2D eigenvalue weighted by atomic mass is 10.2. The highest BCUT2D eigenvalue weighted by atomic mass is 32.2. The van der Waals surface area contributed by atoms with Crippen molar-refractivity contribution in [3.63, 3.8) is 0 Å². The largest absolute Gasteiger partial charge is 0.491 e. The van der Waals surface area contributed by atoms with Crippen LogP contribution >= 0.6 is 11.8 Å². The van der Waals surface area contributed by atoms with Gasteiger partial charge in [-0.25, -0.2) is 9.78 Å². The number of benzene rings is 1. The molecule has 8 nitrogen and oxygen atoms in total. The quantitative estimate of drug-likeness (QED) is 0.290. The fraction of sp³-hybridized carbons (Fsp3) is 0.542. The maximum atomic E-state index is 12.6. The molecule has 0 aliphatic rings. The smallest absolute Gasteiger partial charge is 0.329 e. The van der Waals surface area contributed by atoms with Gasteiger partial charge in [-0.3, -0.25) is 14.3 Å². The summed E-state index contributed by atoms with van der Waals surface area (Å²) in [6.45, 7) is 4.50. The number of rotatable bonds is 13. The molecular formula is C24H34N4O4S. The Morgan fingerprint density at radius 2 is 1.85 bits per heavy atom. The number of imidazole rings is 1. The zero-order valence-corrected chi connectivity index (χ0v) is 20.5. The van der Waals surface area contributed by atoms with Gasteiger partial charge in [0, 0.05) is 12.8 Å². The van der Waals surface area contributed by atoms with E-state index in [0.717, 1.165) is 25.0 Å². The number of H-pyrrole nitrogens is 1. The predicted octanol–water partition coefficient (Wildman–Crippen LogP) is 3.49. The molecule has 0 spiro atoms. The van der Waals surface area contributed by atoms with Crippen LogP contribution in [0.4, 0.5) is 0 Å². The SMILES string of the molecule is CCCCCCCSc1nc2c(c(=O)[nH]c(=O)n2C)n1C[C@H](O)COc1ccc(CC)cc1. The van der Waals surface area contributed by atoms with E-state index in [2.05, 4.69) is 23.8 Å². The number of aliphatic hydroxyl groups excluding tert-OH is 1. The number of unbranched alkanes of at least 4 members (excludes halogenated alkanes) is 4. The molecule has 0 bridgehead atoms. The second-order valence-electron chi connectivity index (χ2n) is 8.22. The van der Waals surface area contributed by atoms with Crippen molar-refractivity contribution in [1.29, 1.82) is 0 Å². The molecule has 3 aromatic rings. The number of nitrogens with zero attached hydrogens (tertiary/aromatic N) is 3. The minimum atomic E-state index is -0.853. The van der Waals surface area contributed by atoms with Crippen LogP contribution in [0.2, 0.25) is 0 Å². The number of nitrogens with one attached hydrogen (secondary N) is 1. The van der Waals surface area contributed by atoms with Gasteiger partial charge in [0.2, 0.25) is 0 Å². The molecule has 0 amide bonds. The lowest BCUT2D eigenvalue weighted by Gasteiger charge is -2.15. The molecule has 3 rings (SSSR count). The number of fused-ring (bicyclic) bond motifs is 1. The van der Waals surface area contributed by atoms with E-state index in [1.165, 1.54) is 29.4 Å². The molecule has 0 unspecified atom stereocenters. The normalized spacial score (nSPS) is 12.4. The summed E-state index contributed by atoms with van der Waals surface area (Å²) in [5.74, 6) is 1.54. The van der Waals surface area contributed by atoms with E-state index in [9.17, 15) is 14.7 Å². The van der Waals surface area contributed by atoms with Crippen LogP contribution in [0.5, 0.6) is 5.75 Å². The molecule has 2 aromatic heterocycles. The second-order valence-corrected chi connectivity index (χ2v) is 9.28. The third kappa shape index (κ3) is 6.51. The van der Waals surface area contributed by atoms with Gasteiger partial charge in [-0.2, -0.15) is 0 Å². The van der Waals surface area contributed by atoms with Crippen LogP contribution in [-0.2, 0) is 20.0 Å². The van der Waals surface area contributed by atoms with Crippen LogP contribution < -0.4 is 16.0 Å². The number of aromatic nitrogens is 4. The Morgan fingerprint density at radius 1 is 1.12 bits per heavy atom. The standard InChI is InChI=1S/C24H34N4O4S/c1-4-6-7-8-9-14-33-24-25-21-20(22(30)26-23(31)27(21)3)28(24)15-18(29)16-32-19-12-10-17(5-2)11-13-19/h10-13,18,29H,4-9,14-16H2,1-3H3,(H,26,30,31)/t18-/m0/s1. The van der Waals surface area contributed by atoms with Crippen molar-refractivity contribution in [1.82, 2.24) is 19.1 Å². The maximum absolute atomic E-state index is 12.6. The molecule has 0 radical (unpaired) electrons. The Bertz CT molecular complexity index is 1150. The molecule has 0 saturated carbocycles. The zero-order chi connectivity index (χ0) is 23.8. The van der Waals surface area contributed by atoms with Crippen LogP contribution in [-0.4, -0.2) is 42.7 Å². The van der Waals surface area contributed by atoms with Crippen molar-refractivity contribution in [2.45, 2.75) is 70.2 Å². The molecule has 1 aromatic carbocycles. The molecule has 33 heavy (non-hydrogen) atoms. The molecule has 2 N–H and O–H groups in total. The summed E-state index contributed by atoms with van der Waals surface area (Å²) in [4.78, 5) is 31.6. The van der Waals surface area contributed by atoms with Crippen LogP contribution in [0.1, 0.15) is 51.5 Å². The summed E-state index contributed by atoms with van der Waals surface area (Å²) in [5, 5.41) is 11.3.